The number of nitrogens with one attached hydrogen (secondary N) is 1. The second-order valence-electron chi connectivity index (χ2n) is 9.29. The predicted molar refractivity (Wildman–Crippen MR) is 134 cm³/mol. The number of nitrogens with zero attached hydrogens (tertiary/aromatic N) is 5. The highest BCUT2D eigenvalue weighted by atomic mass is 79.9. The predicted octanol–water partition coefficient (Wildman–Crippen LogP) is 4.61. The van der Waals surface area contributed by atoms with Gasteiger partial charge in [-0.05, 0) is 71.4 Å². The Bertz CT molecular complexity index is 1250. The van der Waals surface area contributed by atoms with Crippen LogP contribution in [0, 0.1) is 11.7 Å². The van der Waals surface area contributed by atoms with Gasteiger partial charge in [0, 0.05) is 42.9 Å². The topological polar surface area (TPSA) is 96.6 Å². The van der Waals surface area contributed by atoms with Crippen LogP contribution in [0.2, 0.25) is 0 Å². The third-order valence-corrected chi connectivity index (χ3v) is 7.40. The molecule has 4 aromatic rings. The van der Waals surface area contributed by atoms with Gasteiger partial charge in [0.2, 0.25) is 0 Å². The largest absolute Gasteiger partial charge is 0.356 e. The van der Waals surface area contributed by atoms with Crippen LogP contribution in [0.5, 0.6) is 0 Å². The molecule has 5 rings (SSSR count). The monoisotopic (exact) mass is 523 g/mol. The van der Waals surface area contributed by atoms with E-state index in [1.807, 2.05) is 30.3 Å². The minimum atomic E-state index is -0.547. The number of piperidine rings is 1. The fraction of sp³-hybridized carbons (Fsp3) is 0.360. The molecule has 1 aliphatic rings. The summed E-state index contributed by atoms with van der Waals surface area (Å²) in [6.07, 6.45) is 5.88. The summed E-state index contributed by atoms with van der Waals surface area (Å²) in [6.45, 7) is 3.77. The van der Waals surface area contributed by atoms with Crippen LogP contribution in [0.1, 0.15) is 36.9 Å². The lowest BCUT2D eigenvalue weighted by molar-refractivity contribution is 0.239. The van der Waals surface area contributed by atoms with Gasteiger partial charge in [0.05, 0.1) is 5.39 Å². The molecular formula is C25H27BrFN7. The van der Waals surface area contributed by atoms with Crippen LogP contribution in [-0.2, 0) is 6.42 Å². The molecule has 2 unspecified atom stereocenters. The van der Waals surface area contributed by atoms with E-state index < -0.39 is 5.54 Å². The molecule has 1 saturated heterocycles. The second-order valence-corrected chi connectivity index (χ2v) is 10.1. The van der Waals surface area contributed by atoms with Crippen molar-refractivity contribution in [3.8, 4) is 0 Å². The van der Waals surface area contributed by atoms with Gasteiger partial charge in [-0.25, -0.2) is 14.4 Å². The first-order valence-electron chi connectivity index (χ1n) is 11.5. The van der Waals surface area contributed by atoms with Gasteiger partial charge in [0.15, 0.2) is 5.65 Å². The van der Waals surface area contributed by atoms with E-state index in [0.29, 0.717) is 18.0 Å². The average molecular weight is 524 g/mol. The number of aromatic nitrogens is 5. The van der Waals surface area contributed by atoms with Gasteiger partial charge in [-0.15, -0.1) is 0 Å². The van der Waals surface area contributed by atoms with Crippen LogP contribution in [0.15, 0.2) is 59.6 Å². The molecule has 176 valence electrons. The molecule has 1 fully saturated rings. The summed E-state index contributed by atoms with van der Waals surface area (Å²) < 4.78 is 14.5. The van der Waals surface area contributed by atoms with Crippen molar-refractivity contribution in [2.45, 2.75) is 37.6 Å². The first-order valence-corrected chi connectivity index (χ1v) is 12.3. The molecule has 1 aromatic carbocycles. The Morgan fingerprint density at radius 3 is 2.62 bits per heavy atom. The number of nitrogens with two attached hydrogens (primary N) is 1. The van der Waals surface area contributed by atoms with Crippen LogP contribution in [0.25, 0.3) is 11.0 Å². The molecule has 34 heavy (non-hydrogen) atoms. The number of benzene rings is 1. The molecule has 7 nitrogen and oxygen atoms in total. The fourth-order valence-electron chi connectivity index (χ4n) is 5.36. The van der Waals surface area contributed by atoms with E-state index in [1.165, 1.54) is 12.1 Å². The standard InChI is InChI=1S/C25H27BrFN7/c1-25(28,14-19-4-2-3-11-29-19)21(16-5-7-18(27)8-6-16)17-9-12-34(13-10-17)24-20-22(26)32-33-23(20)30-15-31-24/h2-8,11,15,17,21H,9-10,12-14,28H2,1H3,(H,30,31,32,33). The summed E-state index contributed by atoms with van der Waals surface area (Å²) in [6, 6.07) is 12.7. The van der Waals surface area contributed by atoms with E-state index in [4.69, 9.17) is 5.73 Å². The summed E-state index contributed by atoms with van der Waals surface area (Å²) in [5.41, 5.74) is 9.17. The zero-order valence-corrected chi connectivity index (χ0v) is 20.5. The SMILES string of the molecule is CC(N)(Cc1ccccn1)C(c1ccc(F)cc1)C1CCN(c2ncnc3n[nH]c(Br)c23)CC1. The summed E-state index contributed by atoms with van der Waals surface area (Å²) in [4.78, 5) is 15.6. The number of rotatable bonds is 6. The van der Waals surface area contributed by atoms with Crippen molar-refractivity contribution < 1.29 is 4.39 Å². The minimum Gasteiger partial charge on any atom is -0.356 e. The third-order valence-electron chi connectivity index (χ3n) is 6.83. The minimum absolute atomic E-state index is 0.0586. The van der Waals surface area contributed by atoms with E-state index >= 15 is 0 Å². The molecule has 1 aliphatic heterocycles. The molecule has 3 N–H and O–H groups in total. The molecule has 0 spiro atoms. The Morgan fingerprint density at radius 1 is 1.15 bits per heavy atom. The quantitative estimate of drug-likeness (QED) is 0.383. The molecule has 4 heterocycles. The molecule has 0 radical (unpaired) electrons. The number of hydrogen-bond donors (Lipinski definition) is 2. The maximum absolute atomic E-state index is 13.7. The van der Waals surface area contributed by atoms with Gasteiger partial charge < -0.3 is 10.6 Å². The maximum Gasteiger partial charge on any atom is 0.187 e. The Balaban J connectivity index is 1.41. The highest BCUT2D eigenvalue weighted by molar-refractivity contribution is 9.10. The highest BCUT2D eigenvalue weighted by Crippen LogP contribution is 2.42. The average Bonchev–Trinajstić information content (AvgIpc) is 3.22. The number of pyridine rings is 1. The van der Waals surface area contributed by atoms with Gasteiger partial charge in [-0.2, -0.15) is 5.10 Å². The molecule has 9 heteroatoms. The van der Waals surface area contributed by atoms with E-state index in [9.17, 15) is 4.39 Å². The smallest absolute Gasteiger partial charge is 0.187 e. The fourth-order valence-corrected chi connectivity index (χ4v) is 5.80. The van der Waals surface area contributed by atoms with Crippen molar-refractivity contribution in [2.24, 2.45) is 11.7 Å². The summed E-state index contributed by atoms with van der Waals surface area (Å²) in [7, 11) is 0. The van der Waals surface area contributed by atoms with Gasteiger partial charge in [-0.3, -0.25) is 10.1 Å². The molecule has 2 atom stereocenters. The van der Waals surface area contributed by atoms with Crippen molar-refractivity contribution in [3.05, 3.63) is 76.7 Å². The van der Waals surface area contributed by atoms with Crippen LogP contribution in [-0.4, -0.2) is 43.8 Å². The van der Waals surface area contributed by atoms with E-state index in [1.54, 1.807) is 12.5 Å². The number of anilines is 1. The zero-order valence-electron chi connectivity index (χ0n) is 19.0. The first-order chi connectivity index (χ1) is 16.4. The lowest BCUT2D eigenvalue weighted by Gasteiger charge is -2.43. The maximum atomic E-state index is 13.7. The van der Waals surface area contributed by atoms with Crippen LogP contribution < -0.4 is 10.6 Å². The van der Waals surface area contributed by atoms with E-state index in [2.05, 4.69) is 52.9 Å². The summed E-state index contributed by atoms with van der Waals surface area (Å²) >= 11 is 3.54. The summed E-state index contributed by atoms with van der Waals surface area (Å²) in [5, 5.41) is 8.07. The number of hydrogen-bond acceptors (Lipinski definition) is 6. The molecule has 0 aliphatic carbocycles. The Morgan fingerprint density at radius 2 is 1.91 bits per heavy atom. The Hall–Kier alpha value is -2.91. The lowest BCUT2D eigenvalue weighted by atomic mass is 9.68. The van der Waals surface area contributed by atoms with Crippen molar-refractivity contribution in [1.82, 2.24) is 25.1 Å². The number of halogens is 2. The molecule has 0 bridgehead atoms. The molecule has 0 amide bonds. The van der Waals surface area contributed by atoms with Crippen molar-refractivity contribution >= 4 is 32.8 Å². The molecule has 3 aromatic heterocycles. The normalized spacial score (nSPS) is 17.6. The number of aromatic amines is 1. The van der Waals surface area contributed by atoms with Gasteiger partial charge in [-0.1, -0.05) is 18.2 Å². The second kappa shape index (κ2) is 9.38. The Kier molecular flexibility index (Phi) is 6.31. The zero-order chi connectivity index (χ0) is 23.7. The lowest BCUT2D eigenvalue weighted by Crippen LogP contribution is -2.50. The van der Waals surface area contributed by atoms with Crippen LogP contribution in [0.3, 0.4) is 0 Å². The first kappa shape index (κ1) is 22.9. The number of H-pyrrole nitrogens is 1. The van der Waals surface area contributed by atoms with Gasteiger partial charge in [0.1, 0.15) is 22.6 Å². The van der Waals surface area contributed by atoms with E-state index in [-0.39, 0.29) is 11.7 Å². The third kappa shape index (κ3) is 4.54. The van der Waals surface area contributed by atoms with Gasteiger partial charge in [0.25, 0.3) is 0 Å². The van der Waals surface area contributed by atoms with Gasteiger partial charge >= 0.3 is 0 Å². The molecular weight excluding hydrogens is 497 g/mol. The van der Waals surface area contributed by atoms with Crippen LogP contribution >= 0.6 is 15.9 Å². The molecule has 0 saturated carbocycles. The Labute approximate surface area is 206 Å². The van der Waals surface area contributed by atoms with Crippen molar-refractivity contribution in [3.63, 3.8) is 0 Å². The van der Waals surface area contributed by atoms with Crippen molar-refractivity contribution in [1.29, 1.82) is 0 Å². The number of fused-ring (bicyclic) bond motifs is 1. The van der Waals surface area contributed by atoms with Crippen molar-refractivity contribution in [2.75, 3.05) is 18.0 Å². The highest BCUT2D eigenvalue weighted by Gasteiger charge is 2.39. The summed E-state index contributed by atoms with van der Waals surface area (Å²) in [5.74, 6) is 1.04. The van der Waals surface area contributed by atoms with Crippen LogP contribution in [0.4, 0.5) is 10.2 Å². The van der Waals surface area contributed by atoms with E-state index in [0.717, 1.165) is 53.0 Å².